The van der Waals surface area contributed by atoms with Gasteiger partial charge in [0, 0.05) is 31.9 Å². The van der Waals surface area contributed by atoms with Crippen molar-refractivity contribution < 1.29 is 19.1 Å². The van der Waals surface area contributed by atoms with Gasteiger partial charge in [0.2, 0.25) is 5.91 Å². The number of piperazine rings is 1. The van der Waals surface area contributed by atoms with E-state index in [0.29, 0.717) is 18.8 Å². The minimum atomic E-state index is -0.453. The maximum atomic E-state index is 12.8. The first-order valence-corrected chi connectivity index (χ1v) is 12.0. The number of hydrogen-bond acceptors (Lipinski definition) is 7. The van der Waals surface area contributed by atoms with E-state index in [1.54, 1.807) is 31.4 Å². The van der Waals surface area contributed by atoms with Crippen molar-refractivity contribution in [3.05, 3.63) is 48.5 Å². The first-order valence-electron chi connectivity index (χ1n) is 12.0. The summed E-state index contributed by atoms with van der Waals surface area (Å²) in [7, 11) is 1.68. The first kappa shape index (κ1) is 24.0. The fourth-order valence-corrected chi connectivity index (χ4v) is 4.52. The van der Waals surface area contributed by atoms with Crippen LogP contribution in [0.3, 0.4) is 0 Å². The van der Waals surface area contributed by atoms with Crippen molar-refractivity contribution >= 4 is 23.2 Å². The number of nitrogens with zero attached hydrogens (tertiary/aromatic N) is 3. The van der Waals surface area contributed by atoms with Crippen molar-refractivity contribution in [3.8, 4) is 11.5 Å². The molecule has 1 unspecified atom stereocenters. The van der Waals surface area contributed by atoms with E-state index in [0.717, 1.165) is 50.6 Å². The number of rotatable bonds is 10. The van der Waals surface area contributed by atoms with Crippen LogP contribution in [0.2, 0.25) is 0 Å². The number of hydrogen-bond donors (Lipinski definition) is 1. The molecule has 2 aromatic rings. The summed E-state index contributed by atoms with van der Waals surface area (Å²) in [5.41, 5.74) is 1.82. The molecule has 2 saturated heterocycles. The molecule has 2 aliphatic rings. The van der Waals surface area contributed by atoms with E-state index in [4.69, 9.17) is 9.47 Å². The van der Waals surface area contributed by atoms with Crippen LogP contribution in [-0.2, 0) is 9.59 Å². The first-order chi connectivity index (χ1) is 16.6. The molecule has 2 fully saturated rings. The number of nitrogens with one attached hydrogen (secondary N) is 1. The van der Waals surface area contributed by atoms with E-state index in [9.17, 15) is 9.59 Å². The lowest BCUT2D eigenvalue weighted by Crippen LogP contribution is -2.47. The van der Waals surface area contributed by atoms with Crippen LogP contribution in [0.15, 0.2) is 48.5 Å². The summed E-state index contributed by atoms with van der Waals surface area (Å²) in [6, 6.07) is 14.8. The smallest absolute Gasteiger partial charge is 0.251 e. The van der Waals surface area contributed by atoms with Gasteiger partial charge in [-0.2, -0.15) is 0 Å². The van der Waals surface area contributed by atoms with Crippen molar-refractivity contribution in [3.63, 3.8) is 0 Å². The number of imide groups is 1. The van der Waals surface area contributed by atoms with E-state index in [1.165, 1.54) is 10.6 Å². The molecule has 2 heterocycles. The lowest BCUT2D eigenvalue weighted by Gasteiger charge is -2.36. The summed E-state index contributed by atoms with van der Waals surface area (Å²) >= 11 is 0. The van der Waals surface area contributed by atoms with Crippen LogP contribution in [0.1, 0.15) is 19.8 Å². The lowest BCUT2D eigenvalue weighted by molar-refractivity contribution is -0.121. The molecule has 1 N–H and O–H groups in total. The van der Waals surface area contributed by atoms with Gasteiger partial charge < -0.3 is 19.7 Å². The SMILES string of the molecule is CCOc1ccc(N2C(=O)CC(NCCCN3CCN(c4ccc(OC)cc4)CC3)C2=O)cc1. The number of carbonyl (C=O) groups excluding carboxylic acids is 2. The summed E-state index contributed by atoms with van der Waals surface area (Å²) in [6.07, 6.45) is 1.14. The Labute approximate surface area is 201 Å². The second-order valence-electron chi connectivity index (χ2n) is 8.59. The summed E-state index contributed by atoms with van der Waals surface area (Å²) in [5, 5.41) is 3.29. The van der Waals surface area contributed by atoms with Gasteiger partial charge in [0.25, 0.3) is 5.91 Å². The highest BCUT2D eigenvalue weighted by Crippen LogP contribution is 2.25. The molecule has 2 amide bonds. The highest BCUT2D eigenvalue weighted by atomic mass is 16.5. The van der Waals surface area contributed by atoms with Crippen LogP contribution in [0, 0.1) is 0 Å². The molecular formula is C26H34N4O4. The normalized spacial score (nSPS) is 19.1. The molecule has 4 rings (SSSR count). The van der Waals surface area contributed by atoms with Crippen LogP contribution in [0.5, 0.6) is 11.5 Å². The van der Waals surface area contributed by atoms with Crippen molar-refractivity contribution in [1.29, 1.82) is 0 Å². The third-order valence-electron chi connectivity index (χ3n) is 6.40. The molecule has 0 saturated carbocycles. The average molecular weight is 467 g/mol. The number of anilines is 2. The molecule has 2 aromatic carbocycles. The van der Waals surface area contributed by atoms with Crippen molar-refractivity contribution in [2.75, 3.05) is 62.8 Å². The summed E-state index contributed by atoms with van der Waals surface area (Å²) < 4.78 is 10.7. The molecule has 8 nitrogen and oxygen atoms in total. The fourth-order valence-electron chi connectivity index (χ4n) is 4.52. The number of ether oxygens (including phenoxy) is 2. The van der Waals surface area contributed by atoms with Gasteiger partial charge in [-0.25, -0.2) is 4.90 Å². The van der Waals surface area contributed by atoms with Crippen molar-refractivity contribution in [2.24, 2.45) is 0 Å². The maximum absolute atomic E-state index is 12.8. The molecule has 2 aliphatic heterocycles. The van der Waals surface area contributed by atoms with Crippen molar-refractivity contribution in [1.82, 2.24) is 10.2 Å². The van der Waals surface area contributed by atoms with E-state index >= 15 is 0 Å². The van der Waals surface area contributed by atoms with Gasteiger partial charge in [-0.1, -0.05) is 0 Å². The predicted molar refractivity (Wildman–Crippen MR) is 133 cm³/mol. The topological polar surface area (TPSA) is 74.3 Å². The second-order valence-corrected chi connectivity index (χ2v) is 8.59. The Kier molecular flexibility index (Phi) is 8.03. The minimum Gasteiger partial charge on any atom is -0.497 e. The molecule has 1 atom stereocenters. The molecule has 0 aromatic heterocycles. The molecule has 0 aliphatic carbocycles. The largest absolute Gasteiger partial charge is 0.497 e. The van der Waals surface area contributed by atoms with Crippen LogP contribution in [0.25, 0.3) is 0 Å². The Morgan fingerprint density at radius 3 is 2.21 bits per heavy atom. The Balaban J connectivity index is 1.18. The second kappa shape index (κ2) is 11.4. The molecule has 182 valence electrons. The van der Waals surface area contributed by atoms with Crippen LogP contribution >= 0.6 is 0 Å². The van der Waals surface area contributed by atoms with Crippen LogP contribution in [0.4, 0.5) is 11.4 Å². The van der Waals surface area contributed by atoms with Gasteiger partial charge in [0.05, 0.1) is 31.9 Å². The minimum absolute atomic E-state index is 0.165. The number of amides is 2. The van der Waals surface area contributed by atoms with E-state index in [-0.39, 0.29) is 18.2 Å². The Morgan fingerprint density at radius 1 is 0.912 bits per heavy atom. The van der Waals surface area contributed by atoms with Crippen LogP contribution in [-0.4, -0.2) is 75.7 Å². The van der Waals surface area contributed by atoms with E-state index in [1.807, 2.05) is 19.1 Å². The monoisotopic (exact) mass is 466 g/mol. The van der Waals surface area contributed by atoms with Gasteiger partial charge in [-0.15, -0.1) is 0 Å². The Morgan fingerprint density at radius 2 is 1.56 bits per heavy atom. The zero-order valence-electron chi connectivity index (χ0n) is 20.0. The lowest BCUT2D eigenvalue weighted by atomic mass is 10.2. The maximum Gasteiger partial charge on any atom is 0.251 e. The van der Waals surface area contributed by atoms with Crippen LogP contribution < -0.4 is 24.6 Å². The van der Waals surface area contributed by atoms with Gasteiger partial charge in [0.15, 0.2) is 0 Å². The zero-order valence-corrected chi connectivity index (χ0v) is 20.0. The molecule has 0 bridgehead atoms. The Bertz CT molecular complexity index is 956. The highest BCUT2D eigenvalue weighted by Gasteiger charge is 2.39. The third-order valence-corrected chi connectivity index (χ3v) is 6.40. The number of benzene rings is 2. The van der Waals surface area contributed by atoms with E-state index in [2.05, 4.69) is 27.2 Å². The number of carbonyl (C=O) groups is 2. The predicted octanol–water partition coefficient (Wildman–Crippen LogP) is 2.53. The Hall–Kier alpha value is -3.10. The van der Waals surface area contributed by atoms with Gasteiger partial charge in [-0.05, 0) is 75.0 Å². The quantitative estimate of drug-likeness (QED) is 0.426. The van der Waals surface area contributed by atoms with Gasteiger partial charge >= 0.3 is 0 Å². The van der Waals surface area contributed by atoms with Gasteiger partial charge in [0.1, 0.15) is 11.5 Å². The van der Waals surface area contributed by atoms with Gasteiger partial charge in [-0.3, -0.25) is 14.5 Å². The fraction of sp³-hybridized carbons (Fsp3) is 0.462. The van der Waals surface area contributed by atoms with Crippen molar-refractivity contribution in [2.45, 2.75) is 25.8 Å². The highest BCUT2D eigenvalue weighted by molar-refractivity contribution is 6.22. The molecule has 34 heavy (non-hydrogen) atoms. The zero-order chi connectivity index (χ0) is 23.9. The average Bonchev–Trinajstić information content (AvgIpc) is 3.15. The molecule has 8 heteroatoms. The molecule has 0 radical (unpaired) electrons. The standard InChI is InChI=1S/C26H34N4O4/c1-3-34-23-11-7-21(8-12-23)30-25(31)19-24(26(30)32)27-13-4-14-28-15-17-29(18-16-28)20-5-9-22(33-2)10-6-20/h5-12,24,27H,3-4,13-19H2,1-2H3. The van der Waals surface area contributed by atoms with E-state index < -0.39 is 6.04 Å². The summed E-state index contributed by atoms with van der Waals surface area (Å²) in [6.45, 7) is 8.18. The number of methoxy groups -OCH3 is 1. The summed E-state index contributed by atoms with van der Waals surface area (Å²) in [4.78, 5) is 31.4. The molecule has 0 spiro atoms. The summed E-state index contributed by atoms with van der Waals surface area (Å²) in [5.74, 6) is 1.26. The molecular weight excluding hydrogens is 432 g/mol. The third kappa shape index (κ3) is 5.69.